The highest BCUT2D eigenvalue weighted by molar-refractivity contribution is 5.89. The molecule has 0 spiro atoms. The van der Waals surface area contributed by atoms with Gasteiger partial charge in [-0.15, -0.1) is 0 Å². The number of aromatic nitrogens is 2. The molecule has 1 aromatic heterocycles. The maximum atomic E-state index is 5.82. The number of aromatic amines is 1. The molecule has 1 fully saturated rings. The van der Waals surface area contributed by atoms with Crippen LogP contribution in [0.15, 0.2) is 18.2 Å². The second kappa shape index (κ2) is 5.48. The third kappa shape index (κ3) is 2.81. The number of H-pyrrole nitrogens is 1. The molecule has 0 radical (unpaired) electrons. The van der Waals surface area contributed by atoms with Gasteiger partial charge in [-0.05, 0) is 50.4 Å². The third-order valence-corrected chi connectivity index (χ3v) is 3.82. The van der Waals surface area contributed by atoms with Gasteiger partial charge in [-0.1, -0.05) is 0 Å². The summed E-state index contributed by atoms with van der Waals surface area (Å²) in [7, 11) is 0. The molecule has 5 heteroatoms. The normalized spacial score (nSPS) is 16.8. The Morgan fingerprint density at radius 1 is 1.32 bits per heavy atom. The smallest absolute Gasteiger partial charge is 0.153 e. The first-order valence-electron chi connectivity index (χ1n) is 6.90. The fourth-order valence-electron chi connectivity index (χ4n) is 2.62. The molecule has 1 aliphatic rings. The number of nitrogens with zero attached hydrogens (tertiary/aromatic N) is 1. The number of fused-ring (bicyclic) bond motifs is 1. The fraction of sp³-hybridized carbons (Fsp3) is 0.500. The number of hydrogen-bond donors (Lipinski definition) is 3. The van der Waals surface area contributed by atoms with E-state index < -0.39 is 0 Å². The monoisotopic (exact) mass is 260 g/mol. The number of nitrogens with one attached hydrogen (secondary N) is 2. The van der Waals surface area contributed by atoms with Crippen molar-refractivity contribution in [3.8, 4) is 5.75 Å². The summed E-state index contributed by atoms with van der Waals surface area (Å²) in [5, 5.41) is 11.2. The summed E-state index contributed by atoms with van der Waals surface area (Å²) in [4.78, 5) is 0. The van der Waals surface area contributed by atoms with E-state index in [4.69, 9.17) is 10.5 Å². The average molecular weight is 260 g/mol. The number of anilines is 1. The molecule has 4 N–H and O–H groups in total. The van der Waals surface area contributed by atoms with E-state index in [1.807, 2.05) is 18.2 Å². The van der Waals surface area contributed by atoms with E-state index in [1.165, 1.54) is 12.8 Å². The van der Waals surface area contributed by atoms with Gasteiger partial charge < -0.3 is 15.8 Å². The van der Waals surface area contributed by atoms with Gasteiger partial charge in [-0.25, -0.2) is 0 Å². The van der Waals surface area contributed by atoms with Crippen LogP contribution in [-0.4, -0.2) is 29.9 Å². The molecule has 0 saturated carbocycles. The molecule has 2 heterocycles. The number of benzene rings is 1. The maximum absolute atomic E-state index is 5.82. The summed E-state index contributed by atoms with van der Waals surface area (Å²) in [6.07, 6.45) is 3.66. The van der Waals surface area contributed by atoms with Gasteiger partial charge in [0, 0.05) is 11.5 Å². The lowest BCUT2D eigenvalue weighted by Crippen LogP contribution is -2.28. The summed E-state index contributed by atoms with van der Waals surface area (Å²) in [5.74, 6) is 2.22. The second-order valence-corrected chi connectivity index (χ2v) is 5.15. The summed E-state index contributed by atoms with van der Waals surface area (Å²) < 4.78 is 5.82. The van der Waals surface area contributed by atoms with E-state index >= 15 is 0 Å². The zero-order valence-electron chi connectivity index (χ0n) is 11.0. The van der Waals surface area contributed by atoms with Gasteiger partial charge in [-0.3, -0.25) is 5.10 Å². The third-order valence-electron chi connectivity index (χ3n) is 3.82. The molecule has 19 heavy (non-hydrogen) atoms. The summed E-state index contributed by atoms with van der Waals surface area (Å²) in [6, 6.07) is 5.87. The van der Waals surface area contributed by atoms with Crippen molar-refractivity contribution in [3.05, 3.63) is 18.2 Å². The fourth-order valence-corrected chi connectivity index (χ4v) is 2.62. The van der Waals surface area contributed by atoms with Gasteiger partial charge in [0.15, 0.2) is 5.82 Å². The predicted octanol–water partition coefficient (Wildman–Crippen LogP) is 1.91. The predicted molar refractivity (Wildman–Crippen MR) is 76.2 cm³/mol. The minimum absolute atomic E-state index is 0.538. The number of nitrogen functional groups attached to an aromatic ring is 1. The molecule has 1 aliphatic heterocycles. The van der Waals surface area contributed by atoms with Crippen LogP contribution in [0.3, 0.4) is 0 Å². The van der Waals surface area contributed by atoms with E-state index in [9.17, 15) is 0 Å². The Kier molecular flexibility index (Phi) is 3.55. The zero-order chi connectivity index (χ0) is 13.1. The van der Waals surface area contributed by atoms with Crippen LogP contribution in [0.5, 0.6) is 5.75 Å². The Hall–Kier alpha value is -1.75. The Labute approximate surface area is 112 Å². The first-order chi connectivity index (χ1) is 9.33. The van der Waals surface area contributed by atoms with Gasteiger partial charge in [0.1, 0.15) is 5.75 Å². The highest BCUT2D eigenvalue weighted by Gasteiger charge is 2.12. The van der Waals surface area contributed by atoms with Gasteiger partial charge in [0.05, 0.1) is 12.1 Å². The average Bonchev–Trinajstić information content (AvgIpc) is 2.81. The van der Waals surface area contributed by atoms with Crippen molar-refractivity contribution in [2.45, 2.75) is 19.3 Å². The lowest BCUT2D eigenvalue weighted by molar-refractivity contribution is 0.252. The molecule has 0 aliphatic carbocycles. The quantitative estimate of drug-likeness (QED) is 0.785. The molecule has 0 amide bonds. The highest BCUT2D eigenvalue weighted by Crippen LogP contribution is 2.23. The molecule has 3 rings (SSSR count). The van der Waals surface area contributed by atoms with Gasteiger partial charge in [0.25, 0.3) is 0 Å². The molecular weight excluding hydrogens is 240 g/mol. The lowest BCUT2D eigenvalue weighted by atomic mass is 9.95. The van der Waals surface area contributed by atoms with Crippen LogP contribution in [0.2, 0.25) is 0 Å². The van der Waals surface area contributed by atoms with Crippen LogP contribution >= 0.6 is 0 Å². The molecule has 0 bridgehead atoms. The van der Waals surface area contributed by atoms with E-state index in [0.29, 0.717) is 5.82 Å². The topological polar surface area (TPSA) is 76.0 Å². The number of nitrogens with two attached hydrogens (primary N) is 1. The van der Waals surface area contributed by atoms with Gasteiger partial charge >= 0.3 is 0 Å². The van der Waals surface area contributed by atoms with Crippen molar-refractivity contribution in [1.29, 1.82) is 0 Å². The number of rotatable bonds is 4. The SMILES string of the molecule is Nc1n[nH]c2cc(OCCC3CCNCC3)ccc12. The van der Waals surface area contributed by atoms with Gasteiger partial charge in [0.2, 0.25) is 0 Å². The molecular formula is C14H20N4O. The largest absolute Gasteiger partial charge is 0.494 e. The molecule has 2 aromatic rings. The molecule has 1 aromatic carbocycles. The summed E-state index contributed by atoms with van der Waals surface area (Å²) >= 11 is 0. The first kappa shape index (κ1) is 12.3. The Balaban J connectivity index is 1.56. The van der Waals surface area contributed by atoms with Crippen LogP contribution in [0.25, 0.3) is 10.9 Å². The van der Waals surface area contributed by atoms with Gasteiger partial charge in [-0.2, -0.15) is 5.10 Å². The van der Waals surface area contributed by atoms with Crippen LogP contribution in [0.4, 0.5) is 5.82 Å². The Bertz CT molecular complexity index is 545. The molecule has 5 nitrogen and oxygen atoms in total. The van der Waals surface area contributed by atoms with Crippen LogP contribution in [0.1, 0.15) is 19.3 Å². The van der Waals surface area contributed by atoms with E-state index in [1.54, 1.807) is 0 Å². The molecule has 1 saturated heterocycles. The minimum Gasteiger partial charge on any atom is -0.494 e. The van der Waals surface area contributed by atoms with E-state index in [-0.39, 0.29) is 0 Å². The molecule has 102 valence electrons. The maximum Gasteiger partial charge on any atom is 0.153 e. The van der Waals surface area contributed by atoms with Crippen molar-refractivity contribution in [3.63, 3.8) is 0 Å². The van der Waals surface area contributed by atoms with Crippen molar-refractivity contribution >= 4 is 16.7 Å². The van der Waals surface area contributed by atoms with Crippen molar-refractivity contribution < 1.29 is 4.74 Å². The Morgan fingerprint density at radius 2 is 2.16 bits per heavy atom. The molecule has 0 unspecified atom stereocenters. The number of hydrogen-bond acceptors (Lipinski definition) is 4. The van der Waals surface area contributed by atoms with Crippen LogP contribution in [-0.2, 0) is 0 Å². The lowest BCUT2D eigenvalue weighted by Gasteiger charge is -2.22. The van der Waals surface area contributed by atoms with Crippen LogP contribution < -0.4 is 15.8 Å². The first-order valence-corrected chi connectivity index (χ1v) is 6.90. The molecule has 0 atom stereocenters. The van der Waals surface area contributed by atoms with Crippen molar-refractivity contribution in [1.82, 2.24) is 15.5 Å². The van der Waals surface area contributed by atoms with E-state index in [2.05, 4.69) is 15.5 Å². The Morgan fingerprint density at radius 3 is 3.00 bits per heavy atom. The van der Waals surface area contributed by atoms with Crippen molar-refractivity contribution in [2.75, 3.05) is 25.4 Å². The summed E-state index contributed by atoms with van der Waals surface area (Å²) in [6.45, 7) is 3.06. The van der Waals surface area contributed by atoms with Crippen LogP contribution in [0, 0.1) is 5.92 Å². The summed E-state index contributed by atoms with van der Waals surface area (Å²) in [5.41, 5.74) is 6.66. The second-order valence-electron chi connectivity index (χ2n) is 5.15. The highest BCUT2D eigenvalue weighted by atomic mass is 16.5. The standard InChI is InChI=1S/C14H20N4O/c15-14-12-2-1-11(9-13(12)17-18-14)19-8-5-10-3-6-16-7-4-10/h1-2,9-10,16H,3-8H2,(H3,15,17,18). The number of ether oxygens (including phenoxy) is 1. The number of piperidine rings is 1. The van der Waals surface area contributed by atoms with Crippen molar-refractivity contribution in [2.24, 2.45) is 5.92 Å². The zero-order valence-corrected chi connectivity index (χ0v) is 11.0. The van der Waals surface area contributed by atoms with E-state index in [0.717, 1.165) is 48.7 Å². The minimum atomic E-state index is 0.538.